The molecule has 0 aliphatic heterocycles. The number of aromatic nitrogens is 3. The molecule has 23 heavy (non-hydrogen) atoms. The van der Waals surface area contributed by atoms with Crippen molar-refractivity contribution in [1.29, 1.82) is 0 Å². The molecule has 2 heterocycles. The third-order valence-corrected chi connectivity index (χ3v) is 3.52. The summed E-state index contributed by atoms with van der Waals surface area (Å²) in [6, 6.07) is 10.8. The van der Waals surface area contributed by atoms with Gasteiger partial charge in [-0.3, -0.25) is 9.59 Å². The summed E-state index contributed by atoms with van der Waals surface area (Å²) in [5.74, 6) is 0.108. The van der Waals surface area contributed by atoms with E-state index in [-0.39, 0.29) is 18.0 Å². The smallest absolute Gasteiger partial charge is 0.275 e. The molecule has 0 atom stereocenters. The number of amides is 1. The summed E-state index contributed by atoms with van der Waals surface area (Å²) in [5, 5.41) is 8.24. The Morgan fingerprint density at radius 2 is 1.87 bits per heavy atom. The number of hydrogen-bond donors (Lipinski definition) is 1. The minimum Gasteiger partial charge on any atom is -0.309 e. The van der Waals surface area contributed by atoms with Gasteiger partial charge in [-0.05, 0) is 31.5 Å². The molecule has 3 aromatic rings. The third kappa shape index (κ3) is 3.11. The minimum absolute atomic E-state index is 0.153. The zero-order valence-corrected chi connectivity index (χ0v) is 12.9. The second kappa shape index (κ2) is 6.00. The largest absolute Gasteiger partial charge is 0.309 e. The number of anilines is 1. The monoisotopic (exact) mass is 308 g/mol. The average Bonchev–Trinajstić information content (AvgIpc) is 2.54. The number of nitrogens with one attached hydrogen (secondary N) is 1. The maximum atomic E-state index is 12.4. The number of hydrogen-bond acceptors (Lipinski definition) is 4. The lowest BCUT2D eigenvalue weighted by atomic mass is 10.1. The Labute approximate surface area is 132 Å². The van der Waals surface area contributed by atoms with E-state index in [1.54, 1.807) is 24.4 Å². The lowest BCUT2D eigenvalue weighted by molar-refractivity contribution is -0.117. The van der Waals surface area contributed by atoms with E-state index in [4.69, 9.17) is 0 Å². The first-order valence-corrected chi connectivity index (χ1v) is 7.23. The van der Waals surface area contributed by atoms with Gasteiger partial charge < -0.3 is 5.32 Å². The summed E-state index contributed by atoms with van der Waals surface area (Å²) >= 11 is 0. The van der Waals surface area contributed by atoms with E-state index in [2.05, 4.69) is 15.4 Å². The van der Waals surface area contributed by atoms with Crippen LogP contribution in [0.25, 0.3) is 10.8 Å². The number of carbonyl (C=O) groups is 1. The number of rotatable bonds is 3. The van der Waals surface area contributed by atoms with Crippen LogP contribution in [0.3, 0.4) is 0 Å². The number of carbonyl (C=O) groups excluding carboxylic acids is 1. The van der Waals surface area contributed by atoms with E-state index < -0.39 is 0 Å². The topological polar surface area (TPSA) is 76.9 Å². The van der Waals surface area contributed by atoms with Crippen molar-refractivity contribution in [2.75, 3.05) is 5.32 Å². The highest BCUT2D eigenvalue weighted by Gasteiger charge is 2.11. The molecule has 0 aliphatic rings. The number of aryl methyl sites for hydroxylation is 2. The van der Waals surface area contributed by atoms with Crippen molar-refractivity contribution in [2.45, 2.75) is 20.4 Å². The molecule has 1 N–H and O–H groups in total. The fourth-order valence-electron chi connectivity index (χ4n) is 2.37. The lowest BCUT2D eigenvalue weighted by Crippen LogP contribution is -2.30. The van der Waals surface area contributed by atoms with Crippen LogP contribution in [0.15, 0.2) is 47.4 Å². The fourth-order valence-corrected chi connectivity index (χ4v) is 2.37. The molecule has 0 aliphatic carbocycles. The summed E-state index contributed by atoms with van der Waals surface area (Å²) in [5.41, 5.74) is 1.44. The normalized spacial score (nSPS) is 10.7. The van der Waals surface area contributed by atoms with Gasteiger partial charge in [0.2, 0.25) is 5.91 Å². The molecule has 1 amide bonds. The molecule has 116 valence electrons. The summed E-state index contributed by atoms with van der Waals surface area (Å²) in [4.78, 5) is 28.6. The van der Waals surface area contributed by atoms with Crippen LogP contribution >= 0.6 is 0 Å². The first-order valence-electron chi connectivity index (χ1n) is 7.23. The van der Waals surface area contributed by atoms with Crippen molar-refractivity contribution in [3.63, 3.8) is 0 Å². The van der Waals surface area contributed by atoms with Crippen molar-refractivity contribution in [3.8, 4) is 0 Å². The summed E-state index contributed by atoms with van der Waals surface area (Å²) in [7, 11) is 0. The Hall–Kier alpha value is -3.02. The highest BCUT2D eigenvalue weighted by Crippen LogP contribution is 2.11. The zero-order chi connectivity index (χ0) is 16.4. The van der Waals surface area contributed by atoms with E-state index in [9.17, 15) is 9.59 Å². The van der Waals surface area contributed by atoms with Gasteiger partial charge in [-0.2, -0.15) is 5.10 Å². The second-order valence-corrected chi connectivity index (χ2v) is 5.36. The molecule has 6 nitrogen and oxygen atoms in total. The third-order valence-electron chi connectivity index (χ3n) is 3.52. The van der Waals surface area contributed by atoms with Crippen LogP contribution in [-0.4, -0.2) is 20.7 Å². The van der Waals surface area contributed by atoms with Crippen LogP contribution in [0.2, 0.25) is 0 Å². The van der Waals surface area contributed by atoms with Crippen LogP contribution in [-0.2, 0) is 11.3 Å². The summed E-state index contributed by atoms with van der Waals surface area (Å²) in [6.45, 7) is 3.58. The number of pyridine rings is 1. The Bertz CT molecular complexity index is 929. The molecule has 6 heteroatoms. The molecule has 0 unspecified atom stereocenters. The lowest BCUT2D eigenvalue weighted by Gasteiger charge is -2.09. The first-order chi connectivity index (χ1) is 11.0. The van der Waals surface area contributed by atoms with Gasteiger partial charge in [0.1, 0.15) is 12.4 Å². The molecule has 0 spiro atoms. The summed E-state index contributed by atoms with van der Waals surface area (Å²) < 4.78 is 1.18. The molecular formula is C17H16N4O2. The highest BCUT2D eigenvalue weighted by atomic mass is 16.2. The average molecular weight is 308 g/mol. The van der Waals surface area contributed by atoms with E-state index in [0.717, 1.165) is 10.9 Å². The van der Waals surface area contributed by atoms with Gasteiger partial charge in [-0.15, -0.1) is 0 Å². The molecule has 3 rings (SSSR count). The fraction of sp³-hybridized carbons (Fsp3) is 0.176. The van der Waals surface area contributed by atoms with Gasteiger partial charge in [0, 0.05) is 11.6 Å². The van der Waals surface area contributed by atoms with Crippen molar-refractivity contribution in [3.05, 3.63) is 64.2 Å². The van der Waals surface area contributed by atoms with Gasteiger partial charge in [-0.1, -0.05) is 24.3 Å². The standard InChI is InChI=1S/C17H16N4O2/c1-11-7-8-15(18-9-11)19-16(22)10-21-17(23)14-6-4-3-5-13(14)12(2)20-21/h3-9H,10H2,1-2H3,(H,18,19,22). The number of fused-ring (bicyclic) bond motifs is 1. The van der Waals surface area contributed by atoms with Gasteiger partial charge >= 0.3 is 0 Å². The number of nitrogens with zero attached hydrogens (tertiary/aromatic N) is 3. The summed E-state index contributed by atoms with van der Waals surface area (Å²) in [6.07, 6.45) is 1.67. The van der Waals surface area contributed by atoms with Crippen molar-refractivity contribution in [2.24, 2.45) is 0 Å². The van der Waals surface area contributed by atoms with Crippen molar-refractivity contribution in [1.82, 2.24) is 14.8 Å². The highest BCUT2D eigenvalue weighted by molar-refractivity contribution is 5.90. The van der Waals surface area contributed by atoms with E-state index >= 15 is 0 Å². The zero-order valence-electron chi connectivity index (χ0n) is 12.9. The minimum atomic E-state index is -0.342. The predicted octanol–water partition coefficient (Wildman–Crippen LogP) is 2.05. The second-order valence-electron chi connectivity index (χ2n) is 5.36. The van der Waals surface area contributed by atoms with Crippen LogP contribution < -0.4 is 10.9 Å². The maximum absolute atomic E-state index is 12.4. The van der Waals surface area contributed by atoms with Gasteiger partial charge in [0.05, 0.1) is 11.1 Å². The molecule has 0 saturated carbocycles. The van der Waals surface area contributed by atoms with Gasteiger partial charge in [0.25, 0.3) is 5.56 Å². The molecule has 1 aromatic carbocycles. The van der Waals surface area contributed by atoms with Crippen LogP contribution in [0.4, 0.5) is 5.82 Å². The van der Waals surface area contributed by atoms with Crippen molar-refractivity contribution < 1.29 is 4.79 Å². The quantitative estimate of drug-likeness (QED) is 0.803. The van der Waals surface area contributed by atoms with Crippen LogP contribution in [0, 0.1) is 13.8 Å². The number of benzene rings is 1. The van der Waals surface area contributed by atoms with Gasteiger partial charge in [0.15, 0.2) is 0 Å². The molecule has 2 aromatic heterocycles. The van der Waals surface area contributed by atoms with Crippen LogP contribution in [0.1, 0.15) is 11.3 Å². The Morgan fingerprint density at radius 3 is 2.57 bits per heavy atom. The first kappa shape index (κ1) is 14.9. The molecular weight excluding hydrogens is 292 g/mol. The Kier molecular flexibility index (Phi) is 3.89. The molecule has 0 radical (unpaired) electrons. The Balaban J connectivity index is 1.86. The van der Waals surface area contributed by atoms with E-state index in [0.29, 0.717) is 16.9 Å². The van der Waals surface area contributed by atoms with E-state index in [1.807, 2.05) is 32.0 Å². The molecule has 0 fully saturated rings. The SMILES string of the molecule is Cc1ccc(NC(=O)Cn2nc(C)c3ccccc3c2=O)nc1. The molecule has 0 bridgehead atoms. The predicted molar refractivity (Wildman–Crippen MR) is 88.3 cm³/mol. The van der Waals surface area contributed by atoms with Gasteiger partial charge in [-0.25, -0.2) is 9.67 Å². The maximum Gasteiger partial charge on any atom is 0.275 e. The Morgan fingerprint density at radius 1 is 1.13 bits per heavy atom. The van der Waals surface area contributed by atoms with Crippen molar-refractivity contribution >= 4 is 22.5 Å². The van der Waals surface area contributed by atoms with E-state index in [1.165, 1.54) is 4.68 Å². The van der Waals surface area contributed by atoms with Crippen LogP contribution in [0.5, 0.6) is 0 Å². The molecule has 0 saturated heterocycles.